The van der Waals surface area contributed by atoms with Gasteiger partial charge in [0, 0.05) is 19.5 Å². The van der Waals surface area contributed by atoms with Gasteiger partial charge in [-0.15, -0.1) is 0 Å². The van der Waals surface area contributed by atoms with Gasteiger partial charge in [-0.3, -0.25) is 13.9 Å². The van der Waals surface area contributed by atoms with Gasteiger partial charge in [-0.2, -0.15) is 0 Å². The Kier molecular flexibility index (Phi) is 10.8. The minimum Gasteiger partial charge on any atom is -0.497 e. The number of hydrogen-bond acceptors (Lipinski definition) is 5. The molecule has 1 atom stereocenters. The van der Waals surface area contributed by atoms with Gasteiger partial charge < -0.3 is 15.0 Å². The van der Waals surface area contributed by atoms with Crippen LogP contribution in [0.15, 0.2) is 108 Å². The van der Waals surface area contributed by atoms with Crippen LogP contribution in [0.1, 0.15) is 29.2 Å². The van der Waals surface area contributed by atoms with Gasteiger partial charge in [0.05, 0.1) is 17.7 Å². The number of aryl methyl sites for hydroxylation is 2. The first kappa shape index (κ1) is 32.3. The van der Waals surface area contributed by atoms with Crippen LogP contribution in [0.5, 0.6) is 5.75 Å². The fourth-order valence-electron chi connectivity index (χ4n) is 4.89. The molecule has 0 bridgehead atoms. The number of amides is 2. The highest BCUT2D eigenvalue weighted by molar-refractivity contribution is 7.92. The Morgan fingerprint density at radius 3 is 2.05 bits per heavy atom. The van der Waals surface area contributed by atoms with Crippen molar-refractivity contribution < 1.29 is 22.7 Å². The molecule has 0 saturated heterocycles. The number of carbonyl (C=O) groups is 2. The molecule has 2 amide bonds. The second-order valence-corrected chi connectivity index (χ2v) is 12.5. The van der Waals surface area contributed by atoms with Crippen molar-refractivity contribution in [3.8, 4) is 5.75 Å². The van der Waals surface area contributed by atoms with E-state index in [0.717, 1.165) is 26.6 Å². The van der Waals surface area contributed by atoms with Gasteiger partial charge in [0.25, 0.3) is 10.0 Å². The number of hydrogen-bond donors (Lipinski definition) is 1. The molecule has 4 rings (SSSR count). The average Bonchev–Trinajstić information content (AvgIpc) is 3.02. The zero-order valence-corrected chi connectivity index (χ0v) is 26.4. The van der Waals surface area contributed by atoms with Crippen LogP contribution in [0.25, 0.3) is 0 Å². The molecule has 8 nitrogen and oxygen atoms in total. The molecule has 0 heterocycles. The Morgan fingerprint density at radius 1 is 0.818 bits per heavy atom. The maximum atomic E-state index is 14.4. The van der Waals surface area contributed by atoms with Crippen molar-refractivity contribution in [2.24, 2.45) is 0 Å². The Morgan fingerprint density at radius 2 is 1.43 bits per heavy atom. The summed E-state index contributed by atoms with van der Waals surface area (Å²) in [6, 6.07) is 29.3. The summed E-state index contributed by atoms with van der Waals surface area (Å²) in [6.07, 6.45) is 0.248. The molecule has 230 valence electrons. The number of nitrogens with one attached hydrogen (secondary N) is 1. The summed E-state index contributed by atoms with van der Waals surface area (Å²) in [5.41, 5.74) is 3.82. The van der Waals surface area contributed by atoms with E-state index in [2.05, 4.69) is 5.32 Å². The molecule has 9 heteroatoms. The van der Waals surface area contributed by atoms with Gasteiger partial charge in [0.1, 0.15) is 18.3 Å². The molecule has 0 aromatic heterocycles. The lowest BCUT2D eigenvalue weighted by atomic mass is 10.0. The van der Waals surface area contributed by atoms with E-state index >= 15 is 0 Å². The highest BCUT2D eigenvalue weighted by atomic mass is 32.2. The first-order valence-electron chi connectivity index (χ1n) is 14.5. The summed E-state index contributed by atoms with van der Waals surface area (Å²) >= 11 is 0. The lowest BCUT2D eigenvalue weighted by Crippen LogP contribution is -2.53. The molecule has 0 aliphatic carbocycles. The average molecular weight is 614 g/mol. The number of likely N-dealkylation sites (N-methyl/N-ethyl adjacent to an activating group) is 1. The largest absolute Gasteiger partial charge is 0.497 e. The number of carbonyl (C=O) groups excluding carboxylic acids is 2. The van der Waals surface area contributed by atoms with Crippen molar-refractivity contribution in [1.82, 2.24) is 10.2 Å². The fourth-order valence-corrected chi connectivity index (χ4v) is 6.30. The predicted octanol–water partition coefficient (Wildman–Crippen LogP) is 5.28. The molecular formula is C35H39N3O5S. The number of rotatable bonds is 13. The fraction of sp³-hybridized carbons (Fsp3) is 0.257. The maximum Gasteiger partial charge on any atom is 0.264 e. The number of ether oxygens (including phenoxy) is 1. The smallest absolute Gasteiger partial charge is 0.264 e. The second kappa shape index (κ2) is 14.7. The molecule has 0 fully saturated rings. The van der Waals surface area contributed by atoms with E-state index in [1.54, 1.807) is 55.6 Å². The highest BCUT2D eigenvalue weighted by Gasteiger charge is 2.34. The Hall–Kier alpha value is -4.63. The Labute approximate surface area is 260 Å². The number of methoxy groups -OCH3 is 1. The van der Waals surface area contributed by atoms with Crippen LogP contribution in [0.2, 0.25) is 0 Å². The summed E-state index contributed by atoms with van der Waals surface area (Å²) in [5, 5.41) is 2.87. The van der Waals surface area contributed by atoms with E-state index in [1.165, 1.54) is 17.0 Å². The van der Waals surface area contributed by atoms with Gasteiger partial charge in [-0.1, -0.05) is 77.9 Å². The molecule has 4 aromatic rings. The summed E-state index contributed by atoms with van der Waals surface area (Å²) in [4.78, 5) is 29.6. The van der Waals surface area contributed by atoms with Crippen LogP contribution in [-0.4, -0.2) is 51.4 Å². The third kappa shape index (κ3) is 8.05. The molecular weight excluding hydrogens is 574 g/mol. The molecule has 0 saturated carbocycles. The van der Waals surface area contributed by atoms with Crippen molar-refractivity contribution in [2.75, 3.05) is 24.5 Å². The molecule has 44 heavy (non-hydrogen) atoms. The quantitative estimate of drug-likeness (QED) is 0.221. The number of anilines is 1. The standard InChI is InChI=1S/C35H39N3O5S/c1-5-36-35(40)33(23-28-10-7-6-8-11-28)37(24-29-12-9-13-31(22-29)43-4)34(39)25-38(30-18-14-26(2)15-19-30)44(41,42)32-20-16-27(3)17-21-32/h6-22,33H,5,23-25H2,1-4H3,(H,36,40). The second-order valence-electron chi connectivity index (χ2n) is 10.6. The monoisotopic (exact) mass is 613 g/mol. The van der Waals surface area contributed by atoms with E-state index in [4.69, 9.17) is 4.74 Å². The lowest BCUT2D eigenvalue weighted by Gasteiger charge is -2.34. The van der Waals surface area contributed by atoms with E-state index in [9.17, 15) is 18.0 Å². The van der Waals surface area contributed by atoms with Crippen LogP contribution in [-0.2, 0) is 32.6 Å². The van der Waals surface area contributed by atoms with Crippen LogP contribution >= 0.6 is 0 Å². The Balaban J connectivity index is 1.80. The SMILES string of the molecule is CCNC(=O)C(Cc1ccccc1)N(Cc1cccc(OC)c1)C(=O)CN(c1ccc(C)cc1)S(=O)(=O)c1ccc(C)cc1. The van der Waals surface area contributed by atoms with E-state index < -0.39 is 28.5 Å². The molecule has 1 unspecified atom stereocenters. The Bertz CT molecular complexity index is 1660. The molecule has 1 N–H and O–H groups in total. The van der Waals surface area contributed by atoms with Crippen LogP contribution < -0.4 is 14.4 Å². The van der Waals surface area contributed by atoms with Crippen molar-refractivity contribution in [2.45, 2.75) is 44.7 Å². The van der Waals surface area contributed by atoms with Crippen LogP contribution in [0.4, 0.5) is 5.69 Å². The highest BCUT2D eigenvalue weighted by Crippen LogP contribution is 2.26. The minimum absolute atomic E-state index is 0.0665. The van der Waals surface area contributed by atoms with Gasteiger partial charge >= 0.3 is 0 Å². The van der Waals surface area contributed by atoms with Crippen LogP contribution in [0, 0.1) is 13.8 Å². The summed E-state index contributed by atoms with van der Waals surface area (Å²) in [6.45, 7) is 5.54. The van der Waals surface area contributed by atoms with Crippen molar-refractivity contribution >= 4 is 27.5 Å². The summed E-state index contributed by atoms with van der Waals surface area (Å²) in [7, 11) is -2.59. The van der Waals surface area contributed by atoms with Gasteiger partial charge in [0.15, 0.2) is 0 Å². The third-order valence-electron chi connectivity index (χ3n) is 7.32. The van der Waals surface area contributed by atoms with E-state index in [-0.39, 0.29) is 23.8 Å². The zero-order chi connectivity index (χ0) is 31.7. The van der Waals surface area contributed by atoms with Gasteiger partial charge in [-0.25, -0.2) is 8.42 Å². The summed E-state index contributed by atoms with van der Waals surface area (Å²) in [5.74, 6) is -0.233. The predicted molar refractivity (Wildman–Crippen MR) is 173 cm³/mol. The number of benzene rings is 4. The first-order chi connectivity index (χ1) is 21.1. The third-order valence-corrected chi connectivity index (χ3v) is 9.11. The van der Waals surface area contributed by atoms with E-state index in [0.29, 0.717) is 18.0 Å². The van der Waals surface area contributed by atoms with E-state index in [1.807, 2.05) is 63.2 Å². The molecule has 0 aliphatic heterocycles. The molecule has 0 radical (unpaired) electrons. The topological polar surface area (TPSA) is 96.0 Å². The molecule has 0 spiro atoms. The number of nitrogens with zero attached hydrogens (tertiary/aromatic N) is 2. The summed E-state index contributed by atoms with van der Waals surface area (Å²) < 4.78 is 34.7. The van der Waals surface area contributed by atoms with Crippen molar-refractivity contribution in [3.63, 3.8) is 0 Å². The normalized spacial score (nSPS) is 11.8. The van der Waals surface area contributed by atoms with Crippen LogP contribution in [0.3, 0.4) is 0 Å². The first-order valence-corrected chi connectivity index (χ1v) is 16.0. The molecule has 0 aliphatic rings. The van der Waals surface area contributed by atoms with Gasteiger partial charge in [0.2, 0.25) is 11.8 Å². The van der Waals surface area contributed by atoms with Crippen molar-refractivity contribution in [1.29, 1.82) is 0 Å². The van der Waals surface area contributed by atoms with Gasteiger partial charge in [-0.05, 0) is 68.3 Å². The molecule has 4 aromatic carbocycles. The lowest BCUT2D eigenvalue weighted by molar-refractivity contribution is -0.140. The maximum absolute atomic E-state index is 14.4. The zero-order valence-electron chi connectivity index (χ0n) is 25.6. The van der Waals surface area contributed by atoms with Crippen molar-refractivity contribution in [3.05, 3.63) is 125 Å². The number of sulfonamides is 1. The minimum atomic E-state index is -4.15.